The second-order valence-electron chi connectivity index (χ2n) is 15.0. The molecule has 56 heavy (non-hydrogen) atoms. The number of nitrogens with one attached hydrogen (secondary N) is 5. The lowest BCUT2D eigenvalue weighted by Gasteiger charge is -2.32. The number of carbonyl (C=O) groups is 8. The van der Waals surface area contributed by atoms with Crippen LogP contribution < -0.4 is 32.7 Å². The SMILES string of the molecule is CC[C@H](C)[C@H](N)C(=O)N[C@@H](CC(N)=O)C(=O)N1CCC[C@H]1C(=O)N[C@@H](Cc1c[nH]c2ccccc12)C(=O)N[C@H](C(=O)N1CCC[C@H]1C(=O)NCC(=O)O)C(C)C. The number of carbonyl (C=O) groups excluding carboxylic acids is 7. The number of rotatable bonds is 18. The van der Waals surface area contributed by atoms with Crippen LogP contribution in [0.5, 0.6) is 0 Å². The number of hydrogen-bond acceptors (Lipinski definition) is 9. The van der Waals surface area contributed by atoms with Crippen molar-refractivity contribution in [1.29, 1.82) is 0 Å². The van der Waals surface area contributed by atoms with Gasteiger partial charge in [-0.05, 0) is 49.1 Å². The number of fused-ring (bicyclic) bond motifs is 1. The van der Waals surface area contributed by atoms with E-state index in [1.807, 2.05) is 31.2 Å². The van der Waals surface area contributed by atoms with Gasteiger partial charge in [0.1, 0.15) is 36.8 Å². The molecular weight excluding hydrogens is 726 g/mol. The number of carboxylic acid groups (broad SMARTS) is 1. The molecule has 0 saturated carbocycles. The average Bonchev–Trinajstić information content (AvgIpc) is 3.94. The summed E-state index contributed by atoms with van der Waals surface area (Å²) < 4.78 is 0. The van der Waals surface area contributed by atoms with E-state index in [9.17, 15) is 38.4 Å². The van der Waals surface area contributed by atoms with Gasteiger partial charge in [-0.3, -0.25) is 38.4 Å². The first-order valence-electron chi connectivity index (χ1n) is 19.1. The van der Waals surface area contributed by atoms with Crippen LogP contribution in [0.1, 0.15) is 71.8 Å². The number of aromatic amines is 1. The summed E-state index contributed by atoms with van der Waals surface area (Å²) in [4.78, 5) is 111. The summed E-state index contributed by atoms with van der Waals surface area (Å²) in [6.07, 6.45) is 3.28. The molecule has 2 saturated heterocycles. The zero-order chi connectivity index (χ0) is 41.3. The van der Waals surface area contributed by atoms with E-state index in [1.165, 1.54) is 9.80 Å². The van der Waals surface area contributed by atoms with E-state index in [0.717, 1.165) is 10.9 Å². The highest BCUT2D eigenvalue weighted by Crippen LogP contribution is 2.24. The van der Waals surface area contributed by atoms with Crippen molar-refractivity contribution in [3.05, 3.63) is 36.0 Å². The van der Waals surface area contributed by atoms with Crippen LogP contribution in [0.15, 0.2) is 30.5 Å². The molecule has 4 rings (SSSR count). The molecule has 3 heterocycles. The minimum absolute atomic E-state index is 0.000941. The molecule has 0 spiro atoms. The fourth-order valence-corrected chi connectivity index (χ4v) is 7.21. The minimum atomic E-state index is -1.37. The Bertz CT molecular complexity index is 1800. The van der Waals surface area contributed by atoms with Crippen LogP contribution in [0, 0.1) is 11.8 Å². The number of amides is 7. The number of hydrogen-bond donors (Lipinski definition) is 8. The average molecular weight is 782 g/mol. The molecule has 7 atom stereocenters. The summed E-state index contributed by atoms with van der Waals surface area (Å²) >= 11 is 0. The lowest BCUT2D eigenvalue weighted by Crippen LogP contribution is -2.60. The Labute approximate surface area is 325 Å². The van der Waals surface area contributed by atoms with Gasteiger partial charge in [0.2, 0.25) is 41.4 Å². The van der Waals surface area contributed by atoms with Crippen LogP contribution in [-0.2, 0) is 44.8 Å². The monoisotopic (exact) mass is 781 g/mol. The molecular formula is C38H55N9O9. The number of nitrogens with zero attached hydrogens (tertiary/aromatic N) is 2. The predicted molar refractivity (Wildman–Crippen MR) is 204 cm³/mol. The molecule has 0 aliphatic carbocycles. The predicted octanol–water partition coefficient (Wildman–Crippen LogP) is -0.748. The van der Waals surface area contributed by atoms with Crippen LogP contribution in [0.4, 0.5) is 0 Å². The van der Waals surface area contributed by atoms with Crippen molar-refractivity contribution < 1.29 is 43.5 Å². The van der Waals surface area contributed by atoms with E-state index in [4.69, 9.17) is 16.6 Å². The Morgan fingerprint density at radius 1 is 0.857 bits per heavy atom. The minimum Gasteiger partial charge on any atom is -0.480 e. The number of aliphatic carboxylic acids is 1. The van der Waals surface area contributed by atoms with E-state index in [1.54, 1.807) is 27.0 Å². The quantitative estimate of drug-likeness (QED) is 0.0937. The van der Waals surface area contributed by atoms with E-state index in [-0.39, 0.29) is 31.8 Å². The van der Waals surface area contributed by atoms with Crippen molar-refractivity contribution in [3.8, 4) is 0 Å². The van der Waals surface area contributed by atoms with E-state index in [0.29, 0.717) is 31.2 Å². The van der Waals surface area contributed by atoms with Crippen molar-refractivity contribution in [1.82, 2.24) is 36.1 Å². The standard InChI is InChI=1S/C38H55N9O9/c1-5-21(4)31(40)36(54)44-26(17-29(39)48)37(55)46-14-9-13-28(46)35(53)43-25(16-22-18-41-24-11-7-6-10-23(22)24)33(51)45-32(20(2)3)38(56)47-15-8-12-27(47)34(52)42-19-30(49)50/h6-7,10-11,18,20-21,25-28,31-32,41H,5,8-9,12-17,19,40H2,1-4H3,(H2,39,48)(H,42,52)(H,43,53)(H,44,54)(H,45,51)(H,49,50)/t21-,25-,26-,27-,28-,31-,32-/m0/s1. The largest absolute Gasteiger partial charge is 0.480 e. The van der Waals surface area contributed by atoms with Crippen LogP contribution in [0.25, 0.3) is 10.9 Å². The van der Waals surface area contributed by atoms with Gasteiger partial charge in [0, 0.05) is 36.6 Å². The normalized spacial score (nSPS) is 19.5. The van der Waals surface area contributed by atoms with Gasteiger partial charge in [0.15, 0.2) is 0 Å². The third kappa shape index (κ3) is 10.6. The maximum Gasteiger partial charge on any atom is 0.322 e. The zero-order valence-corrected chi connectivity index (χ0v) is 32.3. The van der Waals surface area contributed by atoms with Gasteiger partial charge in [-0.2, -0.15) is 0 Å². The highest BCUT2D eigenvalue weighted by molar-refractivity contribution is 5.98. The number of carboxylic acids is 1. The summed E-state index contributed by atoms with van der Waals surface area (Å²) in [6, 6.07) is 0.756. The van der Waals surface area contributed by atoms with E-state index >= 15 is 0 Å². The first-order chi connectivity index (χ1) is 26.5. The topological polar surface area (TPSA) is 279 Å². The Morgan fingerprint density at radius 2 is 1.48 bits per heavy atom. The number of primary amides is 1. The first-order valence-corrected chi connectivity index (χ1v) is 19.1. The molecule has 2 fully saturated rings. The van der Waals surface area contributed by atoms with E-state index < -0.39 is 102 Å². The summed E-state index contributed by atoms with van der Waals surface area (Å²) in [5.41, 5.74) is 13.0. The molecule has 306 valence electrons. The second kappa shape index (κ2) is 19.4. The first kappa shape index (κ1) is 43.2. The van der Waals surface area contributed by atoms with Gasteiger partial charge >= 0.3 is 5.97 Å². The number of nitrogens with two attached hydrogens (primary N) is 2. The van der Waals surface area contributed by atoms with Crippen molar-refractivity contribution >= 4 is 58.2 Å². The molecule has 18 nitrogen and oxygen atoms in total. The Balaban J connectivity index is 1.58. The molecule has 0 radical (unpaired) electrons. The summed E-state index contributed by atoms with van der Waals surface area (Å²) in [7, 11) is 0. The highest BCUT2D eigenvalue weighted by Gasteiger charge is 2.42. The lowest BCUT2D eigenvalue weighted by atomic mass is 9.98. The van der Waals surface area contributed by atoms with Gasteiger partial charge in [0.05, 0.1) is 12.5 Å². The number of H-pyrrole nitrogens is 1. The van der Waals surface area contributed by atoms with Gasteiger partial charge in [0.25, 0.3) is 0 Å². The molecule has 18 heteroatoms. The summed E-state index contributed by atoms with van der Waals surface area (Å²) in [5, 5.41) is 20.3. The maximum atomic E-state index is 14.3. The van der Waals surface area contributed by atoms with E-state index in [2.05, 4.69) is 26.3 Å². The Morgan fingerprint density at radius 3 is 2.09 bits per heavy atom. The van der Waals surface area contributed by atoms with Crippen molar-refractivity contribution in [2.24, 2.45) is 23.3 Å². The van der Waals surface area contributed by atoms with Crippen LogP contribution in [0.3, 0.4) is 0 Å². The molecule has 1 aromatic heterocycles. The van der Waals surface area contributed by atoms with Crippen LogP contribution >= 0.6 is 0 Å². The number of para-hydroxylation sites is 1. The fourth-order valence-electron chi connectivity index (χ4n) is 7.21. The molecule has 0 bridgehead atoms. The molecule has 7 amide bonds. The fraction of sp³-hybridized carbons (Fsp3) is 0.579. The van der Waals surface area contributed by atoms with Gasteiger partial charge < -0.3 is 52.6 Å². The summed E-state index contributed by atoms with van der Waals surface area (Å²) in [6.45, 7) is 6.86. The van der Waals surface area contributed by atoms with Crippen molar-refractivity contribution in [2.45, 2.75) is 109 Å². The summed E-state index contributed by atoms with van der Waals surface area (Å²) in [5.74, 6) is -6.53. The number of benzene rings is 1. The molecule has 2 aromatic rings. The van der Waals surface area contributed by atoms with Crippen LogP contribution in [-0.4, -0.2) is 123 Å². The lowest BCUT2D eigenvalue weighted by molar-refractivity contribution is -0.144. The Kier molecular flexibility index (Phi) is 14.9. The van der Waals surface area contributed by atoms with Crippen LogP contribution in [0.2, 0.25) is 0 Å². The van der Waals surface area contributed by atoms with Crippen molar-refractivity contribution in [2.75, 3.05) is 19.6 Å². The van der Waals surface area contributed by atoms with Gasteiger partial charge in [-0.25, -0.2) is 0 Å². The molecule has 2 aliphatic rings. The van der Waals surface area contributed by atoms with Gasteiger partial charge in [-0.1, -0.05) is 52.3 Å². The smallest absolute Gasteiger partial charge is 0.322 e. The second-order valence-corrected chi connectivity index (χ2v) is 15.0. The zero-order valence-electron chi connectivity index (χ0n) is 32.3. The van der Waals surface area contributed by atoms with Gasteiger partial charge in [-0.15, -0.1) is 0 Å². The third-order valence-electron chi connectivity index (χ3n) is 10.6. The Hall–Kier alpha value is -5.52. The third-order valence-corrected chi connectivity index (χ3v) is 10.6. The maximum absolute atomic E-state index is 14.3. The van der Waals surface area contributed by atoms with Crippen molar-refractivity contribution in [3.63, 3.8) is 0 Å². The highest BCUT2D eigenvalue weighted by atomic mass is 16.4. The molecule has 0 unspecified atom stereocenters. The number of likely N-dealkylation sites (tertiary alicyclic amines) is 2. The molecule has 1 aromatic carbocycles. The number of aromatic nitrogens is 1. The molecule has 2 aliphatic heterocycles. The molecule has 10 N–H and O–H groups in total.